The van der Waals surface area contributed by atoms with E-state index in [1.54, 1.807) is 18.7 Å². The Balaban J connectivity index is 2.89. The van der Waals surface area contributed by atoms with Crippen LogP contribution in [0, 0.1) is 0 Å². The molecule has 1 nitrogen and oxygen atoms in total. The first-order valence-corrected chi connectivity index (χ1v) is 5.97. The van der Waals surface area contributed by atoms with E-state index in [1.165, 1.54) is 4.90 Å². The third kappa shape index (κ3) is 3.16. The van der Waals surface area contributed by atoms with Crippen molar-refractivity contribution in [1.82, 2.24) is 0 Å². The molecule has 0 spiro atoms. The molecule has 0 saturated heterocycles. The van der Waals surface area contributed by atoms with Crippen molar-refractivity contribution in [3.63, 3.8) is 0 Å². The van der Waals surface area contributed by atoms with Gasteiger partial charge in [0.2, 0.25) is 0 Å². The van der Waals surface area contributed by atoms with E-state index >= 15 is 0 Å². The fraction of sp³-hybridized carbons (Fsp3) is 0.300. The molecule has 0 atom stereocenters. The van der Waals surface area contributed by atoms with Crippen LogP contribution in [0.25, 0.3) is 0 Å². The fourth-order valence-electron chi connectivity index (χ4n) is 1.11. The monoisotopic (exact) mass is 258 g/mol. The standard InChI is InChI=1S/C10H11BrOS/c1-7(12)5-8-3-4-10(13-2)9(11)6-8/h3-4,6H,5H2,1-2H3. The molecule has 0 aliphatic heterocycles. The Hall–Kier alpha value is -0.280. The van der Waals surface area contributed by atoms with Crippen molar-refractivity contribution in [3.05, 3.63) is 28.2 Å². The minimum Gasteiger partial charge on any atom is -0.300 e. The van der Waals surface area contributed by atoms with Gasteiger partial charge in [0.25, 0.3) is 0 Å². The van der Waals surface area contributed by atoms with Crippen molar-refractivity contribution in [2.45, 2.75) is 18.2 Å². The summed E-state index contributed by atoms with van der Waals surface area (Å²) >= 11 is 5.16. The first-order chi connectivity index (χ1) is 6.13. The zero-order chi connectivity index (χ0) is 9.84. The number of rotatable bonds is 3. The van der Waals surface area contributed by atoms with Gasteiger partial charge in [0, 0.05) is 15.8 Å². The summed E-state index contributed by atoms with van der Waals surface area (Å²) in [6.45, 7) is 1.61. The summed E-state index contributed by atoms with van der Waals surface area (Å²) in [5.41, 5.74) is 1.07. The molecule has 0 aromatic heterocycles. The fourth-order valence-corrected chi connectivity index (χ4v) is 2.48. The molecule has 70 valence electrons. The molecule has 1 aromatic carbocycles. The molecule has 0 N–H and O–H groups in total. The molecule has 1 rings (SSSR count). The largest absolute Gasteiger partial charge is 0.300 e. The maximum Gasteiger partial charge on any atom is 0.134 e. The van der Waals surface area contributed by atoms with Crippen LogP contribution >= 0.6 is 27.7 Å². The Morgan fingerprint density at radius 2 is 2.23 bits per heavy atom. The highest BCUT2D eigenvalue weighted by Crippen LogP contribution is 2.26. The van der Waals surface area contributed by atoms with Crippen LogP contribution in [-0.4, -0.2) is 12.0 Å². The highest BCUT2D eigenvalue weighted by Gasteiger charge is 2.01. The minimum atomic E-state index is 0.198. The predicted molar refractivity (Wildman–Crippen MR) is 60.3 cm³/mol. The summed E-state index contributed by atoms with van der Waals surface area (Å²) in [5.74, 6) is 0.198. The van der Waals surface area contributed by atoms with Crippen molar-refractivity contribution in [3.8, 4) is 0 Å². The lowest BCUT2D eigenvalue weighted by molar-refractivity contribution is -0.116. The lowest BCUT2D eigenvalue weighted by Crippen LogP contribution is -1.95. The van der Waals surface area contributed by atoms with Crippen LogP contribution in [0.4, 0.5) is 0 Å². The smallest absolute Gasteiger partial charge is 0.134 e. The van der Waals surface area contributed by atoms with E-state index in [2.05, 4.69) is 15.9 Å². The maximum atomic E-state index is 10.9. The van der Waals surface area contributed by atoms with Gasteiger partial charge in [-0.15, -0.1) is 11.8 Å². The first-order valence-electron chi connectivity index (χ1n) is 3.95. The van der Waals surface area contributed by atoms with Gasteiger partial charge in [-0.25, -0.2) is 0 Å². The van der Waals surface area contributed by atoms with E-state index < -0.39 is 0 Å². The van der Waals surface area contributed by atoms with E-state index in [-0.39, 0.29) is 5.78 Å². The van der Waals surface area contributed by atoms with E-state index in [0.717, 1.165) is 10.0 Å². The minimum absolute atomic E-state index is 0.198. The third-order valence-electron chi connectivity index (χ3n) is 1.67. The molecule has 0 amide bonds. The molecular weight excluding hydrogens is 248 g/mol. The number of thioether (sulfide) groups is 1. The summed E-state index contributed by atoms with van der Waals surface area (Å²) < 4.78 is 1.07. The number of carbonyl (C=O) groups excluding carboxylic acids is 1. The lowest BCUT2D eigenvalue weighted by Gasteiger charge is -2.03. The molecule has 0 unspecified atom stereocenters. The molecular formula is C10H11BrOS. The zero-order valence-corrected chi connectivity index (χ0v) is 10.0. The van der Waals surface area contributed by atoms with E-state index in [9.17, 15) is 4.79 Å². The van der Waals surface area contributed by atoms with Crippen LogP contribution in [0.1, 0.15) is 12.5 Å². The Morgan fingerprint density at radius 3 is 2.69 bits per heavy atom. The number of hydrogen-bond acceptors (Lipinski definition) is 2. The Bertz CT molecular complexity index is 323. The highest BCUT2D eigenvalue weighted by atomic mass is 79.9. The second kappa shape index (κ2) is 4.82. The molecule has 0 aliphatic rings. The number of hydrogen-bond donors (Lipinski definition) is 0. The summed E-state index contributed by atoms with van der Waals surface area (Å²) in [7, 11) is 0. The number of benzene rings is 1. The number of Topliss-reactive ketones (excluding diaryl/α,β-unsaturated/α-hetero) is 1. The van der Waals surface area contributed by atoms with E-state index in [1.807, 2.05) is 24.5 Å². The summed E-state index contributed by atoms with van der Waals surface area (Å²) in [5, 5.41) is 0. The molecule has 0 heterocycles. The van der Waals surface area contributed by atoms with Crippen LogP contribution < -0.4 is 0 Å². The van der Waals surface area contributed by atoms with Crippen LogP contribution in [0.3, 0.4) is 0 Å². The average Bonchev–Trinajstić information content (AvgIpc) is 2.03. The maximum absolute atomic E-state index is 10.9. The summed E-state index contributed by atoms with van der Waals surface area (Å²) in [6, 6.07) is 6.04. The second-order valence-electron chi connectivity index (χ2n) is 2.85. The van der Waals surface area contributed by atoms with Crippen LogP contribution in [-0.2, 0) is 11.2 Å². The van der Waals surface area contributed by atoms with Crippen LogP contribution in [0.5, 0.6) is 0 Å². The highest BCUT2D eigenvalue weighted by molar-refractivity contribution is 9.10. The van der Waals surface area contributed by atoms with Crippen LogP contribution in [0.2, 0.25) is 0 Å². The van der Waals surface area contributed by atoms with Crippen molar-refractivity contribution in [2.75, 3.05) is 6.26 Å². The quantitative estimate of drug-likeness (QED) is 0.775. The van der Waals surface area contributed by atoms with Gasteiger partial charge in [0.1, 0.15) is 5.78 Å². The number of carbonyl (C=O) groups is 1. The van der Waals surface area contributed by atoms with Gasteiger partial charge in [-0.3, -0.25) is 4.79 Å². The van der Waals surface area contributed by atoms with Crippen molar-refractivity contribution < 1.29 is 4.79 Å². The van der Waals surface area contributed by atoms with Gasteiger partial charge in [0.05, 0.1) is 0 Å². The second-order valence-corrected chi connectivity index (χ2v) is 4.55. The molecule has 0 bridgehead atoms. The van der Waals surface area contributed by atoms with Crippen LogP contribution in [0.15, 0.2) is 27.6 Å². The topological polar surface area (TPSA) is 17.1 Å². The Kier molecular flexibility index (Phi) is 4.00. The SMILES string of the molecule is CSc1ccc(CC(C)=O)cc1Br. The van der Waals surface area contributed by atoms with Crippen molar-refractivity contribution >= 4 is 33.5 Å². The number of halogens is 1. The lowest BCUT2D eigenvalue weighted by atomic mass is 10.1. The van der Waals surface area contributed by atoms with Crippen molar-refractivity contribution in [2.24, 2.45) is 0 Å². The normalized spacial score (nSPS) is 10.1. The van der Waals surface area contributed by atoms with Gasteiger partial charge >= 0.3 is 0 Å². The molecule has 1 aromatic rings. The molecule has 13 heavy (non-hydrogen) atoms. The zero-order valence-electron chi connectivity index (χ0n) is 7.63. The Morgan fingerprint density at radius 1 is 1.54 bits per heavy atom. The van der Waals surface area contributed by atoms with E-state index in [0.29, 0.717) is 6.42 Å². The molecule has 0 radical (unpaired) electrons. The predicted octanol–water partition coefficient (Wildman–Crippen LogP) is 3.30. The van der Waals surface area contributed by atoms with Gasteiger partial charge in [-0.1, -0.05) is 6.07 Å². The third-order valence-corrected chi connectivity index (χ3v) is 3.38. The average molecular weight is 259 g/mol. The molecule has 0 saturated carbocycles. The van der Waals surface area contributed by atoms with Gasteiger partial charge in [-0.05, 0) is 46.8 Å². The summed E-state index contributed by atoms with van der Waals surface area (Å²) in [6.07, 6.45) is 2.55. The van der Waals surface area contributed by atoms with Gasteiger partial charge in [0.15, 0.2) is 0 Å². The Labute approximate surface area is 91.0 Å². The number of ketones is 1. The molecule has 0 fully saturated rings. The van der Waals surface area contributed by atoms with Gasteiger partial charge < -0.3 is 0 Å². The molecule has 3 heteroatoms. The first kappa shape index (κ1) is 10.8. The van der Waals surface area contributed by atoms with Gasteiger partial charge in [-0.2, -0.15) is 0 Å². The summed E-state index contributed by atoms with van der Waals surface area (Å²) in [4.78, 5) is 12.1. The molecule has 0 aliphatic carbocycles. The van der Waals surface area contributed by atoms with Crippen molar-refractivity contribution in [1.29, 1.82) is 0 Å². The van der Waals surface area contributed by atoms with E-state index in [4.69, 9.17) is 0 Å².